The molecular weight excluding hydrogens is 556 g/mol. The predicted octanol–water partition coefficient (Wildman–Crippen LogP) is 5.42. The van der Waals surface area contributed by atoms with E-state index in [0.717, 1.165) is 44.9 Å². The van der Waals surface area contributed by atoms with Crippen LogP contribution in [0.3, 0.4) is 0 Å². The molecule has 0 amide bonds. The zero-order valence-electron chi connectivity index (χ0n) is 28.3. The molecule has 1 aliphatic heterocycles. The van der Waals surface area contributed by atoms with E-state index in [-0.39, 0.29) is 33.2 Å². The third-order valence-corrected chi connectivity index (χ3v) is 15.9. The van der Waals surface area contributed by atoms with Crippen LogP contribution in [-0.2, 0) is 14.3 Å². The summed E-state index contributed by atoms with van der Waals surface area (Å²) in [4.78, 5) is 13.4. The average Bonchev–Trinajstić information content (AvgIpc) is 3.36. The van der Waals surface area contributed by atoms with Crippen molar-refractivity contribution in [2.24, 2.45) is 56.7 Å². The lowest BCUT2D eigenvalue weighted by atomic mass is 9.32. The van der Waals surface area contributed by atoms with Gasteiger partial charge in [0.1, 0.15) is 30.2 Å². The fourth-order valence-electron chi connectivity index (χ4n) is 13.3. The van der Waals surface area contributed by atoms with Crippen LogP contribution in [0, 0.1) is 56.7 Å². The van der Waals surface area contributed by atoms with Crippen LogP contribution in [0.25, 0.3) is 0 Å². The Morgan fingerprint density at radius 1 is 0.818 bits per heavy atom. The molecule has 1 heterocycles. The van der Waals surface area contributed by atoms with Gasteiger partial charge in [-0.15, -0.1) is 0 Å². The monoisotopic (exact) mass is 616 g/mol. The highest BCUT2D eigenvalue weighted by Gasteiger charge is 2.71. The number of ether oxygens (including phenoxy) is 2. The summed E-state index contributed by atoms with van der Waals surface area (Å²) < 4.78 is 12.3. The molecule has 0 bridgehead atoms. The van der Waals surface area contributed by atoms with E-state index in [1.54, 1.807) is 0 Å². The fraction of sp³-hybridized carbons (Fsp3) is 0.919. The molecule has 0 unspecified atom stereocenters. The molecule has 6 rings (SSSR count). The van der Waals surface area contributed by atoms with E-state index in [1.807, 2.05) is 6.92 Å². The molecule has 250 valence electrons. The van der Waals surface area contributed by atoms with Crippen LogP contribution in [0.2, 0.25) is 0 Å². The van der Waals surface area contributed by atoms with Crippen molar-refractivity contribution in [2.45, 2.75) is 149 Å². The number of allylic oxidation sites excluding steroid dienone is 1. The molecule has 6 fully saturated rings. The Kier molecular flexibility index (Phi) is 8.16. The quantitative estimate of drug-likeness (QED) is 0.241. The molecule has 4 N–H and O–H groups in total. The molecule has 7 heteroatoms. The van der Waals surface area contributed by atoms with E-state index in [4.69, 9.17) is 9.47 Å². The summed E-state index contributed by atoms with van der Waals surface area (Å²) in [5.74, 6) is 2.83. The molecule has 7 nitrogen and oxygen atoms in total. The minimum Gasteiger partial charge on any atom is -0.394 e. The highest BCUT2D eigenvalue weighted by molar-refractivity contribution is 5.83. The average molecular weight is 617 g/mol. The molecule has 0 aromatic heterocycles. The normalized spacial score (nSPS) is 54.8. The second kappa shape index (κ2) is 10.8. The first-order valence-corrected chi connectivity index (χ1v) is 17.6. The molecule has 0 aromatic rings. The van der Waals surface area contributed by atoms with E-state index in [2.05, 4.69) is 48.1 Å². The van der Waals surface area contributed by atoms with Gasteiger partial charge in [0, 0.05) is 5.41 Å². The van der Waals surface area contributed by atoms with Crippen LogP contribution in [0.5, 0.6) is 0 Å². The Morgan fingerprint density at radius 3 is 2.16 bits per heavy atom. The third kappa shape index (κ3) is 4.31. The molecule has 6 aliphatic rings. The Hall–Kier alpha value is -0.830. The van der Waals surface area contributed by atoms with Crippen LogP contribution < -0.4 is 0 Å². The minimum atomic E-state index is -1.43. The molecule has 0 aromatic carbocycles. The second-order valence-corrected chi connectivity index (χ2v) is 17.6. The summed E-state index contributed by atoms with van der Waals surface area (Å²) in [6.07, 6.45) is 4.36. The first-order chi connectivity index (χ1) is 20.5. The molecule has 5 aliphatic carbocycles. The van der Waals surface area contributed by atoms with Crippen LogP contribution in [0.1, 0.15) is 113 Å². The van der Waals surface area contributed by atoms with Gasteiger partial charge in [-0.3, -0.25) is 4.79 Å². The van der Waals surface area contributed by atoms with E-state index in [1.165, 1.54) is 24.8 Å². The maximum Gasteiger partial charge on any atom is 0.186 e. The van der Waals surface area contributed by atoms with Crippen LogP contribution in [0.4, 0.5) is 0 Å². The third-order valence-electron chi connectivity index (χ3n) is 15.9. The van der Waals surface area contributed by atoms with Crippen molar-refractivity contribution in [1.82, 2.24) is 0 Å². The number of carbonyl (C=O) groups excluding carboxylic acids is 1. The van der Waals surface area contributed by atoms with Gasteiger partial charge in [0.2, 0.25) is 0 Å². The van der Waals surface area contributed by atoms with Gasteiger partial charge >= 0.3 is 0 Å². The summed E-state index contributed by atoms with van der Waals surface area (Å²) in [6.45, 7) is 20.4. The lowest BCUT2D eigenvalue weighted by molar-refractivity contribution is -0.331. The number of fused-ring (bicyclic) bond motifs is 7. The van der Waals surface area contributed by atoms with Crippen molar-refractivity contribution in [2.75, 3.05) is 6.61 Å². The summed E-state index contributed by atoms with van der Waals surface area (Å²) in [6, 6.07) is 0. The number of ketones is 1. The lowest BCUT2D eigenvalue weighted by Gasteiger charge is -2.73. The van der Waals surface area contributed by atoms with E-state index in [0.29, 0.717) is 35.4 Å². The van der Waals surface area contributed by atoms with Crippen molar-refractivity contribution < 1.29 is 34.7 Å². The Bertz CT molecular complexity index is 1150. The largest absolute Gasteiger partial charge is 0.394 e. The number of carbonyl (C=O) groups is 1. The summed E-state index contributed by atoms with van der Waals surface area (Å²) in [5.41, 5.74) is 1.41. The summed E-state index contributed by atoms with van der Waals surface area (Å²) in [5, 5.41) is 41.1. The Morgan fingerprint density at radius 2 is 1.52 bits per heavy atom. The second-order valence-electron chi connectivity index (χ2n) is 17.6. The number of Topliss-reactive ketones (excluding diaryl/α,β-unsaturated/α-hetero) is 1. The van der Waals surface area contributed by atoms with Crippen molar-refractivity contribution in [3.8, 4) is 0 Å². The molecule has 1 saturated heterocycles. The zero-order chi connectivity index (χ0) is 32.2. The number of aliphatic hydroxyl groups excluding tert-OH is 4. The van der Waals surface area contributed by atoms with E-state index < -0.39 is 37.3 Å². The van der Waals surface area contributed by atoms with Crippen molar-refractivity contribution >= 4 is 5.78 Å². The van der Waals surface area contributed by atoms with Gasteiger partial charge in [0.25, 0.3) is 0 Å². The highest BCUT2D eigenvalue weighted by Crippen LogP contribution is 2.77. The maximum absolute atomic E-state index is 13.4. The predicted molar refractivity (Wildman–Crippen MR) is 168 cm³/mol. The molecule has 5 saturated carbocycles. The number of aliphatic hydroxyl groups is 4. The summed E-state index contributed by atoms with van der Waals surface area (Å²) >= 11 is 0. The fourth-order valence-corrected chi connectivity index (χ4v) is 13.3. The molecule has 0 spiro atoms. The van der Waals surface area contributed by atoms with Gasteiger partial charge in [-0.25, -0.2) is 0 Å². The van der Waals surface area contributed by atoms with Gasteiger partial charge in [-0.1, -0.05) is 46.8 Å². The van der Waals surface area contributed by atoms with Gasteiger partial charge in [0.05, 0.1) is 12.7 Å². The van der Waals surface area contributed by atoms with Crippen LogP contribution in [-0.4, -0.2) is 69.6 Å². The Labute approximate surface area is 265 Å². The highest BCUT2D eigenvalue weighted by atomic mass is 16.7. The molecule has 0 radical (unpaired) electrons. The molecule has 44 heavy (non-hydrogen) atoms. The maximum atomic E-state index is 13.4. The first-order valence-electron chi connectivity index (χ1n) is 17.6. The van der Waals surface area contributed by atoms with E-state index >= 15 is 0 Å². The number of rotatable bonds is 5. The van der Waals surface area contributed by atoms with Crippen LogP contribution in [0.15, 0.2) is 12.2 Å². The van der Waals surface area contributed by atoms with Crippen molar-refractivity contribution in [3.63, 3.8) is 0 Å². The molecule has 15 atom stereocenters. The smallest absolute Gasteiger partial charge is 0.186 e. The molecular formula is C37H60O7. The Balaban J connectivity index is 1.27. The number of hydrogen-bond acceptors (Lipinski definition) is 7. The SMILES string of the molecule is C=C(C)[C@@H]1CC[C@]2(C(C)=O)CC[C@]3(C)[C@H](CC[C@@H]4[C@@]5(C)CC[C@H](O[C@H]6O[C@H](CO)[C@@H](O)[C@H](O)[C@@H]6O)C(C)(C)[C@@H]5CC[C@]43C)[C@@H]12. The first kappa shape index (κ1) is 33.1. The van der Waals surface area contributed by atoms with Crippen molar-refractivity contribution in [3.05, 3.63) is 12.2 Å². The minimum absolute atomic E-state index is 0.137. The zero-order valence-corrected chi connectivity index (χ0v) is 28.3. The number of hydrogen-bond donors (Lipinski definition) is 4. The van der Waals surface area contributed by atoms with Crippen LogP contribution >= 0.6 is 0 Å². The standard InChI is InChI=1S/C37H60O7/c1-20(2)22-11-16-37(21(3)39)18-17-35(7)23(28(22)37)9-10-26-34(6)14-13-27(33(4,5)25(34)12-15-36(26,35)8)44-32-31(42)30(41)29(40)24(19-38)43-32/h22-32,38,40-42H,1,9-19H2,2-8H3/t22-,23+,24+,25-,26+,27-,28+,29+,30-,31-,32+,34-,35+,36+,37+/m0/s1. The van der Waals surface area contributed by atoms with Gasteiger partial charge in [0.15, 0.2) is 6.29 Å². The van der Waals surface area contributed by atoms with E-state index in [9.17, 15) is 25.2 Å². The van der Waals surface area contributed by atoms with Crippen molar-refractivity contribution in [1.29, 1.82) is 0 Å². The topological polar surface area (TPSA) is 116 Å². The van der Waals surface area contributed by atoms with Gasteiger partial charge in [-0.2, -0.15) is 0 Å². The summed E-state index contributed by atoms with van der Waals surface area (Å²) in [7, 11) is 0. The van der Waals surface area contributed by atoms with Gasteiger partial charge in [-0.05, 0) is 129 Å². The lowest BCUT2D eigenvalue weighted by Crippen LogP contribution is -2.67. The van der Waals surface area contributed by atoms with Gasteiger partial charge < -0.3 is 29.9 Å².